The van der Waals surface area contributed by atoms with E-state index in [9.17, 15) is 4.79 Å². The van der Waals surface area contributed by atoms with Gasteiger partial charge in [0.2, 0.25) is 0 Å². The Kier molecular flexibility index (Phi) is 4.28. The number of anilines is 1. The number of amides is 1. The molecule has 1 amide bonds. The van der Waals surface area contributed by atoms with Crippen LogP contribution in [0.3, 0.4) is 0 Å². The van der Waals surface area contributed by atoms with Crippen molar-refractivity contribution in [2.75, 3.05) is 31.1 Å². The highest BCUT2D eigenvalue weighted by molar-refractivity contribution is 6.34. The SMILES string of the molecule is O=C(c1ccccc1)N1CCN(c2cc3ccccc3c(Cl)n2)CC1. The zero-order valence-corrected chi connectivity index (χ0v) is 14.5. The molecule has 0 bridgehead atoms. The standard InChI is InChI=1S/C20H18ClN3O/c21-19-17-9-5-4-8-16(17)14-18(22-19)23-10-12-24(13-11-23)20(25)15-6-2-1-3-7-15/h1-9,14H,10-13H2. The maximum atomic E-state index is 12.5. The number of carbonyl (C=O) groups excluding carboxylic acids is 1. The monoisotopic (exact) mass is 351 g/mol. The number of halogens is 1. The minimum Gasteiger partial charge on any atom is -0.353 e. The van der Waals surface area contributed by atoms with Crippen LogP contribution in [0.2, 0.25) is 5.15 Å². The van der Waals surface area contributed by atoms with Gasteiger partial charge in [-0.25, -0.2) is 4.98 Å². The van der Waals surface area contributed by atoms with Gasteiger partial charge < -0.3 is 9.80 Å². The van der Waals surface area contributed by atoms with Gasteiger partial charge >= 0.3 is 0 Å². The summed E-state index contributed by atoms with van der Waals surface area (Å²) in [5, 5.41) is 2.57. The number of rotatable bonds is 2. The molecule has 5 heteroatoms. The molecule has 1 fully saturated rings. The largest absolute Gasteiger partial charge is 0.353 e. The van der Waals surface area contributed by atoms with Crippen molar-refractivity contribution in [3.63, 3.8) is 0 Å². The number of benzene rings is 2. The first-order valence-electron chi connectivity index (χ1n) is 8.37. The Hall–Kier alpha value is -2.59. The van der Waals surface area contributed by atoms with E-state index in [0.717, 1.165) is 35.2 Å². The topological polar surface area (TPSA) is 36.4 Å². The van der Waals surface area contributed by atoms with Crippen LogP contribution in [0, 0.1) is 0 Å². The van der Waals surface area contributed by atoms with Crippen molar-refractivity contribution in [2.24, 2.45) is 0 Å². The maximum Gasteiger partial charge on any atom is 0.253 e. The van der Waals surface area contributed by atoms with Crippen molar-refractivity contribution < 1.29 is 4.79 Å². The molecule has 1 aliphatic rings. The number of fused-ring (bicyclic) bond motifs is 1. The molecule has 2 heterocycles. The number of aromatic nitrogens is 1. The molecule has 0 spiro atoms. The third-order valence-corrected chi connectivity index (χ3v) is 4.88. The molecule has 0 saturated carbocycles. The molecule has 3 aromatic rings. The van der Waals surface area contributed by atoms with Crippen molar-refractivity contribution in [3.05, 3.63) is 71.4 Å². The summed E-state index contributed by atoms with van der Waals surface area (Å²) in [6.45, 7) is 2.86. The molecule has 1 aliphatic heterocycles. The van der Waals surface area contributed by atoms with Crippen molar-refractivity contribution >= 4 is 34.1 Å². The Balaban J connectivity index is 1.50. The van der Waals surface area contributed by atoms with Crippen LogP contribution in [0.5, 0.6) is 0 Å². The number of hydrogen-bond donors (Lipinski definition) is 0. The molecule has 2 aromatic carbocycles. The normalized spacial score (nSPS) is 14.8. The second-order valence-corrected chi connectivity index (χ2v) is 6.50. The molecular formula is C20H18ClN3O. The number of hydrogen-bond acceptors (Lipinski definition) is 3. The first-order valence-corrected chi connectivity index (χ1v) is 8.75. The maximum absolute atomic E-state index is 12.5. The summed E-state index contributed by atoms with van der Waals surface area (Å²) in [7, 11) is 0. The number of carbonyl (C=O) groups is 1. The van der Waals surface area contributed by atoms with Crippen molar-refractivity contribution in [2.45, 2.75) is 0 Å². The summed E-state index contributed by atoms with van der Waals surface area (Å²) in [5.41, 5.74) is 0.739. The summed E-state index contributed by atoms with van der Waals surface area (Å²) >= 11 is 6.34. The van der Waals surface area contributed by atoms with Crippen molar-refractivity contribution in [1.82, 2.24) is 9.88 Å². The van der Waals surface area contributed by atoms with E-state index in [1.165, 1.54) is 0 Å². The second-order valence-electron chi connectivity index (χ2n) is 6.14. The number of nitrogens with zero attached hydrogens (tertiary/aromatic N) is 3. The Morgan fingerprint density at radius 2 is 1.60 bits per heavy atom. The van der Waals surface area contributed by atoms with E-state index in [2.05, 4.69) is 16.0 Å². The third-order valence-electron chi connectivity index (χ3n) is 4.59. The highest BCUT2D eigenvalue weighted by Gasteiger charge is 2.23. The quantitative estimate of drug-likeness (QED) is 0.658. The summed E-state index contributed by atoms with van der Waals surface area (Å²) in [6.07, 6.45) is 0. The van der Waals surface area contributed by atoms with Gasteiger partial charge in [-0.3, -0.25) is 4.79 Å². The van der Waals surface area contributed by atoms with Gasteiger partial charge in [0.05, 0.1) is 0 Å². The van der Waals surface area contributed by atoms with Crippen LogP contribution in [0.15, 0.2) is 60.7 Å². The van der Waals surface area contributed by atoms with Gasteiger partial charge in [0.25, 0.3) is 5.91 Å². The lowest BCUT2D eigenvalue weighted by Crippen LogP contribution is -2.49. The van der Waals surface area contributed by atoms with Gasteiger partial charge in [-0.05, 0) is 23.6 Å². The zero-order chi connectivity index (χ0) is 17.2. The Morgan fingerprint density at radius 3 is 2.36 bits per heavy atom. The van der Waals surface area contributed by atoms with Crippen LogP contribution in [-0.4, -0.2) is 42.0 Å². The molecule has 1 saturated heterocycles. The predicted molar refractivity (Wildman–Crippen MR) is 101 cm³/mol. The van der Waals surface area contributed by atoms with E-state index in [1.54, 1.807) is 0 Å². The van der Waals surface area contributed by atoms with Gasteiger partial charge in [0.15, 0.2) is 0 Å². The van der Waals surface area contributed by atoms with E-state index in [0.29, 0.717) is 18.2 Å². The van der Waals surface area contributed by atoms with Crippen LogP contribution in [0.25, 0.3) is 10.8 Å². The van der Waals surface area contributed by atoms with Gasteiger partial charge in [-0.2, -0.15) is 0 Å². The number of piperazine rings is 1. The van der Waals surface area contributed by atoms with Crippen LogP contribution >= 0.6 is 11.6 Å². The summed E-state index contributed by atoms with van der Waals surface area (Å²) in [5.74, 6) is 0.959. The lowest BCUT2D eigenvalue weighted by atomic mass is 10.1. The minimum absolute atomic E-state index is 0.0877. The molecule has 1 aromatic heterocycles. The van der Waals surface area contributed by atoms with E-state index in [4.69, 9.17) is 11.6 Å². The average Bonchev–Trinajstić information content (AvgIpc) is 2.68. The van der Waals surface area contributed by atoms with E-state index >= 15 is 0 Å². The Bertz CT molecular complexity index is 905. The van der Waals surface area contributed by atoms with Crippen molar-refractivity contribution in [3.8, 4) is 0 Å². The van der Waals surface area contributed by atoms with E-state index in [1.807, 2.05) is 59.5 Å². The van der Waals surface area contributed by atoms with Crippen molar-refractivity contribution in [1.29, 1.82) is 0 Å². The van der Waals surface area contributed by atoms with Crippen LogP contribution in [0.1, 0.15) is 10.4 Å². The highest BCUT2D eigenvalue weighted by atomic mass is 35.5. The van der Waals surface area contributed by atoms with Gasteiger partial charge in [0, 0.05) is 37.1 Å². The Labute approximate surface area is 151 Å². The predicted octanol–water partition coefficient (Wildman–Crippen LogP) is 3.85. The molecule has 0 unspecified atom stereocenters. The fourth-order valence-corrected chi connectivity index (χ4v) is 3.47. The fourth-order valence-electron chi connectivity index (χ4n) is 3.21. The zero-order valence-electron chi connectivity index (χ0n) is 13.7. The molecule has 4 nitrogen and oxygen atoms in total. The van der Waals surface area contributed by atoms with Gasteiger partial charge in [-0.1, -0.05) is 54.1 Å². The van der Waals surface area contributed by atoms with E-state index < -0.39 is 0 Å². The first kappa shape index (κ1) is 15.9. The summed E-state index contributed by atoms with van der Waals surface area (Å²) < 4.78 is 0. The number of pyridine rings is 1. The lowest BCUT2D eigenvalue weighted by molar-refractivity contribution is 0.0746. The molecule has 0 atom stereocenters. The smallest absolute Gasteiger partial charge is 0.253 e. The summed E-state index contributed by atoms with van der Waals surface area (Å²) in [4.78, 5) is 21.2. The highest BCUT2D eigenvalue weighted by Crippen LogP contribution is 2.27. The first-order chi connectivity index (χ1) is 12.2. The van der Waals surface area contributed by atoms with E-state index in [-0.39, 0.29) is 5.91 Å². The minimum atomic E-state index is 0.0877. The molecule has 25 heavy (non-hydrogen) atoms. The summed E-state index contributed by atoms with van der Waals surface area (Å²) in [6, 6.07) is 19.5. The third kappa shape index (κ3) is 3.17. The Morgan fingerprint density at radius 1 is 0.920 bits per heavy atom. The van der Waals surface area contributed by atoms with Crippen LogP contribution in [-0.2, 0) is 0 Å². The van der Waals surface area contributed by atoms with Crippen LogP contribution in [0.4, 0.5) is 5.82 Å². The van der Waals surface area contributed by atoms with Gasteiger partial charge in [-0.15, -0.1) is 0 Å². The fraction of sp³-hybridized carbons (Fsp3) is 0.200. The van der Waals surface area contributed by atoms with Gasteiger partial charge in [0.1, 0.15) is 11.0 Å². The average molecular weight is 352 g/mol. The second kappa shape index (κ2) is 6.73. The molecule has 0 aliphatic carbocycles. The molecule has 0 radical (unpaired) electrons. The lowest BCUT2D eigenvalue weighted by Gasteiger charge is -2.35. The van der Waals surface area contributed by atoms with Crippen LogP contribution < -0.4 is 4.90 Å². The molecular weight excluding hydrogens is 334 g/mol. The molecule has 4 rings (SSSR count). The molecule has 126 valence electrons. The molecule has 0 N–H and O–H groups in total.